The topological polar surface area (TPSA) is 78.3 Å². The number of ether oxygens (including phenoxy) is 2. The van der Waals surface area contributed by atoms with E-state index < -0.39 is 11.7 Å². The van der Waals surface area contributed by atoms with E-state index in [2.05, 4.69) is 15.4 Å². The fourth-order valence-corrected chi connectivity index (χ4v) is 3.42. The first-order valence-electron chi connectivity index (χ1n) is 11.0. The lowest BCUT2D eigenvalue weighted by Crippen LogP contribution is -2.12. The Morgan fingerprint density at radius 2 is 1.85 bits per heavy atom. The first-order chi connectivity index (χ1) is 16.5. The van der Waals surface area contributed by atoms with Gasteiger partial charge in [-0.2, -0.15) is 4.98 Å². The van der Waals surface area contributed by atoms with Crippen molar-refractivity contribution in [3.05, 3.63) is 89.7 Å². The number of nitrogens with one attached hydrogen (secondary N) is 1. The van der Waals surface area contributed by atoms with Gasteiger partial charge in [0, 0.05) is 23.4 Å². The van der Waals surface area contributed by atoms with E-state index in [9.17, 15) is 9.18 Å². The van der Waals surface area contributed by atoms with Gasteiger partial charge < -0.3 is 14.8 Å². The van der Waals surface area contributed by atoms with E-state index in [1.54, 1.807) is 28.9 Å². The smallest absolute Gasteiger partial charge is 0.336 e. The molecule has 7 nitrogen and oxygen atoms in total. The monoisotopic (exact) mass is 460 g/mol. The van der Waals surface area contributed by atoms with Crippen molar-refractivity contribution in [2.75, 3.05) is 25.1 Å². The van der Waals surface area contributed by atoms with E-state index in [1.165, 1.54) is 18.2 Å². The fraction of sp³-hybridized carbons (Fsp3) is 0.192. The number of benzene rings is 3. The molecule has 0 saturated carbocycles. The van der Waals surface area contributed by atoms with Crippen LogP contribution >= 0.6 is 0 Å². The summed E-state index contributed by atoms with van der Waals surface area (Å²) in [5, 5.41) is 7.36. The lowest BCUT2D eigenvalue weighted by molar-refractivity contribution is 0.102. The Labute approximate surface area is 197 Å². The van der Waals surface area contributed by atoms with E-state index in [0.29, 0.717) is 37.0 Å². The first kappa shape index (κ1) is 23.1. The molecule has 0 bridgehead atoms. The average molecular weight is 461 g/mol. The molecule has 0 aliphatic rings. The largest absolute Gasteiger partial charge is 0.460 e. The zero-order valence-corrected chi connectivity index (χ0v) is 19.0. The molecule has 0 fully saturated rings. The van der Waals surface area contributed by atoms with Crippen LogP contribution in [0.25, 0.3) is 17.1 Å². The summed E-state index contributed by atoms with van der Waals surface area (Å²) in [5.74, 6) is -0.267. The molecule has 1 heterocycles. The van der Waals surface area contributed by atoms with Crippen molar-refractivity contribution in [3.63, 3.8) is 0 Å². The van der Waals surface area contributed by atoms with Crippen molar-refractivity contribution >= 4 is 11.6 Å². The summed E-state index contributed by atoms with van der Waals surface area (Å²) in [7, 11) is 0. The van der Waals surface area contributed by atoms with Crippen molar-refractivity contribution in [1.82, 2.24) is 14.8 Å². The molecule has 1 amide bonds. The molecular weight excluding hydrogens is 435 g/mol. The molecule has 174 valence electrons. The van der Waals surface area contributed by atoms with Gasteiger partial charge >= 0.3 is 6.01 Å². The molecule has 3 aromatic carbocycles. The number of nitrogens with zero attached hydrogens (tertiary/aromatic N) is 3. The highest BCUT2D eigenvalue weighted by molar-refractivity contribution is 6.04. The van der Waals surface area contributed by atoms with Gasteiger partial charge in [0.2, 0.25) is 0 Å². The van der Waals surface area contributed by atoms with E-state index >= 15 is 0 Å². The van der Waals surface area contributed by atoms with Crippen molar-refractivity contribution in [2.24, 2.45) is 0 Å². The van der Waals surface area contributed by atoms with Gasteiger partial charge in [-0.05, 0) is 55.8 Å². The summed E-state index contributed by atoms with van der Waals surface area (Å²) in [6.45, 7) is 5.29. The van der Waals surface area contributed by atoms with Crippen molar-refractivity contribution in [1.29, 1.82) is 0 Å². The Morgan fingerprint density at radius 3 is 2.65 bits per heavy atom. The molecule has 0 unspecified atom stereocenters. The highest BCUT2D eigenvalue weighted by atomic mass is 19.1. The van der Waals surface area contributed by atoms with E-state index in [4.69, 9.17) is 9.47 Å². The van der Waals surface area contributed by atoms with Crippen LogP contribution in [-0.4, -0.2) is 40.5 Å². The van der Waals surface area contributed by atoms with E-state index in [1.807, 2.05) is 44.2 Å². The average Bonchev–Trinajstić information content (AvgIpc) is 3.26. The van der Waals surface area contributed by atoms with Crippen LogP contribution in [0.3, 0.4) is 0 Å². The van der Waals surface area contributed by atoms with Crippen molar-refractivity contribution < 1.29 is 18.7 Å². The highest BCUT2D eigenvalue weighted by Gasteiger charge is 2.17. The Balaban J connectivity index is 1.65. The quantitative estimate of drug-likeness (QED) is 0.354. The van der Waals surface area contributed by atoms with Crippen LogP contribution in [0.1, 0.15) is 22.8 Å². The molecule has 0 aliphatic carbocycles. The van der Waals surface area contributed by atoms with Crippen LogP contribution in [0.15, 0.2) is 72.8 Å². The summed E-state index contributed by atoms with van der Waals surface area (Å²) >= 11 is 0. The van der Waals surface area contributed by atoms with E-state index in [0.717, 1.165) is 11.1 Å². The summed E-state index contributed by atoms with van der Waals surface area (Å²) in [5.41, 5.74) is 3.40. The number of halogens is 1. The Hall–Kier alpha value is -4.04. The molecule has 4 rings (SSSR count). The molecule has 0 saturated heterocycles. The molecule has 1 N–H and O–H groups in total. The van der Waals surface area contributed by atoms with Gasteiger partial charge in [-0.15, -0.1) is 5.10 Å². The second-order valence-electron chi connectivity index (χ2n) is 7.50. The summed E-state index contributed by atoms with van der Waals surface area (Å²) in [6, 6.07) is 20.8. The van der Waals surface area contributed by atoms with Gasteiger partial charge in [-0.3, -0.25) is 4.79 Å². The third-order valence-electron chi connectivity index (χ3n) is 5.07. The third-order valence-corrected chi connectivity index (χ3v) is 5.07. The molecule has 0 spiro atoms. The molecule has 8 heteroatoms. The van der Waals surface area contributed by atoms with Crippen LogP contribution in [0.2, 0.25) is 0 Å². The lowest BCUT2D eigenvalue weighted by atomic mass is 10.1. The molecule has 0 aliphatic heterocycles. The number of hydrogen-bond acceptors (Lipinski definition) is 5. The predicted octanol–water partition coefficient (Wildman–Crippen LogP) is 5.05. The minimum absolute atomic E-state index is 0.229. The Kier molecular flexibility index (Phi) is 7.29. The third kappa shape index (κ3) is 5.47. The first-order valence-corrected chi connectivity index (χ1v) is 11.0. The van der Waals surface area contributed by atoms with Crippen LogP contribution in [-0.2, 0) is 4.74 Å². The highest BCUT2D eigenvalue weighted by Crippen LogP contribution is 2.27. The predicted molar refractivity (Wildman–Crippen MR) is 128 cm³/mol. The Morgan fingerprint density at radius 1 is 1.03 bits per heavy atom. The van der Waals surface area contributed by atoms with Gasteiger partial charge in [0.05, 0.1) is 12.3 Å². The van der Waals surface area contributed by atoms with Gasteiger partial charge in [-0.1, -0.05) is 36.4 Å². The number of anilines is 1. The number of aromatic nitrogens is 3. The minimum Gasteiger partial charge on any atom is -0.460 e. The van der Waals surface area contributed by atoms with Crippen LogP contribution < -0.4 is 10.1 Å². The molecule has 1 aromatic heterocycles. The number of hydrogen-bond donors (Lipinski definition) is 1. The van der Waals surface area contributed by atoms with Gasteiger partial charge in [0.25, 0.3) is 5.91 Å². The minimum atomic E-state index is -0.469. The zero-order chi connectivity index (χ0) is 23.9. The van der Waals surface area contributed by atoms with E-state index in [-0.39, 0.29) is 11.6 Å². The van der Waals surface area contributed by atoms with Gasteiger partial charge in [0.15, 0.2) is 5.82 Å². The summed E-state index contributed by atoms with van der Waals surface area (Å²) < 4.78 is 26.2. The van der Waals surface area contributed by atoms with Crippen LogP contribution in [0.5, 0.6) is 6.01 Å². The summed E-state index contributed by atoms with van der Waals surface area (Å²) in [4.78, 5) is 17.2. The zero-order valence-electron chi connectivity index (χ0n) is 19.0. The van der Waals surface area contributed by atoms with Crippen LogP contribution in [0.4, 0.5) is 10.1 Å². The maximum Gasteiger partial charge on any atom is 0.336 e. The summed E-state index contributed by atoms with van der Waals surface area (Å²) in [6.07, 6.45) is 0. The van der Waals surface area contributed by atoms with Crippen molar-refractivity contribution in [2.45, 2.75) is 13.8 Å². The number of rotatable bonds is 9. The number of amides is 1. The SMILES string of the molecule is CCOCCOc1nc(-c2ccccc2C)n(-c2cccc(NC(=O)c3cccc(F)c3)c2)n1. The van der Waals surface area contributed by atoms with Crippen molar-refractivity contribution in [3.8, 4) is 23.1 Å². The Bertz CT molecular complexity index is 1290. The normalized spacial score (nSPS) is 10.8. The lowest BCUT2D eigenvalue weighted by Gasteiger charge is -2.10. The fourth-order valence-electron chi connectivity index (χ4n) is 3.42. The second kappa shape index (κ2) is 10.7. The van der Waals surface area contributed by atoms with Crippen LogP contribution in [0, 0.1) is 12.7 Å². The second-order valence-corrected chi connectivity index (χ2v) is 7.50. The molecule has 4 aromatic rings. The maximum atomic E-state index is 13.5. The molecule has 0 radical (unpaired) electrons. The molecule has 34 heavy (non-hydrogen) atoms. The van der Waals surface area contributed by atoms with Gasteiger partial charge in [-0.25, -0.2) is 9.07 Å². The number of aryl methyl sites for hydroxylation is 1. The maximum absolute atomic E-state index is 13.5. The number of carbonyl (C=O) groups is 1. The molecule has 0 atom stereocenters. The van der Waals surface area contributed by atoms with Gasteiger partial charge in [0.1, 0.15) is 12.4 Å². The molecular formula is C26H25FN4O3. The number of carbonyl (C=O) groups excluding carboxylic acids is 1. The standard InChI is InChI=1S/C26H25FN4O3/c1-3-33-14-15-34-26-29-24(23-13-5-4-8-18(23)2)31(30-26)22-12-7-11-21(17-22)28-25(32)19-9-6-10-20(27)16-19/h4-13,16-17H,3,14-15H2,1-2H3,(H,28,32).